The van der Waals surface area contributed by atoms with Crippen LogP contribution < -0.4 is 0 Å². The first-order valence-corrected chi connectivity index (χ1v) is 6.25. The van der Waals surface area contributed by atoms with E-state index in [1.54, 1.807) is 0 Å². The van der Waals surface area contributed by atoms with E-state index in [0.717, 1.165) is 4.95 Å². The van der Waals surface area contributed by atoms with E-state index in [-0.39, 0.29) is 0 Å². The van der Waals surface area contributed by atoms with Crippen LogP contribution in [0.15, 0.2) is 0 Å². The van der Waals surface area contributed by atoms with Crippen molar-refractivity contribution in [3.8, 4) is 0 Å². The number of hydrogen-bond donors (Lipinski definition) is 0. The summed E-state index contributed by atoms with van der Waals surface area (Å²) in [6.07, 6.45) is 0. The van der Waals surface area contributed by atoms with E-state index in [1.165, 1.54) is 0 Å². The highest BCUT2D eigenvalue weighted by Gasteiger charge is 2.05. The van der Waals surface area contributed by atoms with Gasteiger partial charge in [-0.15, -0.1) is 11.1 Å². The van der Waals surface area contributed by atoms with Crippen molar-refractivity contribution >= 4 is 35.3 Å². The van der Waals surface area contributed by atoms with Gasteiger partial charge in [0.05, 0.1) is 0 Å². The van der Waals surface area contributed by atoms with Crippen LogP contribution >= 0.6 is 27.0 Å². The summed E-state index contributed by atoms with van der Waals surface area (Å²) >= 11 is 9.12. The Hall–Kier alpha value is 0.947. The zero-order chi connectivity index (χ0) is 5.86. The third-order valence-electron chi connectivity index (χ3n) is 0.688. The summed E-state index contributed by atoms with van der Waals surface area (Å²) < 4.78 is 2.08. The van der Waals surface area contributed by atoms with Crippen molar-refractivity contribution in [3.63, 3.8) is 0 Å². The maximum atomic E-state index is 5.82. The number of alkyl halides is 1. The van der Waals surface area contributed by atoms with Gasteiger partial charge in [-0.3, -0.25) is 0 Å². The summed E-state index contributed by atoms with van der Waals surface area (Å²) in [5.41, 5.74) is 0. The van der Waals surface area contributed by atoms with E-state index in [4.69, 9.17) is 11.1 Å². The molecule has 0 spiro atoms. The van der Waals surface area contributed by atoms with Gasteiger partial charge in [-0.1, -0.05) is 15.9 Å². The van der Waals surface area contributed by atoms with Crippen LogP contribution in [-0.2, 0) is 0 Å². The zero-order valence-electron chi connectivity index (χ0n) is 4.49. The van der Waals surface area contributed by atoms with Crippen LogP contribution in [0.4, 0.5) is 0 Å². The minimum atomic E-state index is -1.03. The number of halogens is 2. The highest BCUT2D eigenvalue weighted by molar-refractivity contribution is 9.09. The van der Waals surface area contributed by atoms with Crippen molar-refractivity contribution in [2.75, 3.05) is 19.0 Å². The van der Waals surface area contributed by atoms with Crippen molar-refractivity contribution < 1.29 is 0 Å². The lowest BCUT2D eigenvalue weighted by molar-refractivity contribution is 0.658. The van der Waals surface area contributed by atoms with Crippen molar-refractivity contribution in [2.24, 2.45) is 0 Å². The SMILES string of the molecule is CN(C)[SiH](Cl)CBr. The molecule has 0 aliphatic rings. The second-order valence-electron chi connectivity index (χ2n) is 1.55. The zero-order valence-corrected chi connectivity index (χ0v) is 7.98. The summed E-state index contributed by atoms with van der Waals surface area (Å²) in [7, 11) is 2.98. The fraction of sp³-hybridized carbons (Fsp3) is 1.00. The van der Waals surface area contributed by atoms with E-state index < -0.39 is 8.27 Å². The van der Waals surface area contributed by atoms with Gasteiger partial charge >= 0.3 is 0 Å². The van der Waals surface area contributed by atoms with Gasteiger partial charge in [0.15, 0.2) is 0 Å². The molecule has 1 nitrogen and oxygen atoms in total. The van der Waals surface area contributed by atoms with Gasteiger partial charge in [-0.25, -0.2) is 0 Å². The maximum Gasteiger partial charge on any atom is 0.223 e. The first-order chi connectivity index (χ1) is 3.18. The Morgan fingerprint density at radius 2 is 2.14 bits per heavy atom. The highest BCUT2D eigenvalue weighted by atomic mass is 79.9. The first kappa shape index (κ1) is 7.95. The van der Waals surface area contributed by atoms with Gasteiger partial charge in [0.25, 0.3) is 0 Å². The Kier molecular flexibility index (Phi) is 4.42. The molecular formula is C3H9BrClNSi. The molecule has 0 saturated heterocycles. The lowest BCUT2D eigenvalue weighted by Gasteiger charge is -2.11. The molecule has 0 heterocycles. The average molecular weight is 203 g/mol. The van der Waals surface area contributed by atoms with E-state index in [9.17, 15) is 0 Å². The molecule has 0 aliphatic carbocycles. The number of hydrogen-bond acceptors (Lipinski definition) is 1. The van der Waals surface area contributed by atoms with Gasteiger partial charge in [0.1, 0.15) is 0 Å². The summed E-state index contributed by atoms with van der Waals surface area (Å²) in [5.74, 6) is 0. The van der Waals surface area contributed by atoms with Gasteiger partial charge in [0, 0.05) is 4.95 Å². The Morgan fingerprint density at radius 1 is 1.71 bits per heavy atom. The normalized spacial score (nSPS) is 15.0. The minimum absolute atomic E-state index is 0.960. The molecule has 0 fully saturated rings. The fourth-order valence-corrected chi connectivity index (χ4v) is 2.15. The van der Waals surface area contributed by atoms with Crippen LogP contribution in [0.5, 0.6) is 0 Å². The Morgan fingerprint density at radius 3 is 2.14 bits per heavy atom. The molecule has 44 valence electrons. The molecule has 0 rings (SSSR count). The smallest absolute Gasteiger partial charge is 0.223 e. The van der Waals surface area contributed by atoms with Crippen LogP contribution in [-0.4, -0.2) is 31.9 Å². The number of rotatable bonds is 2. The Labute approximate surface area is 59.2 Å². The third-order valence-corrected chi connectivity index (χ3v) is 6.66. The molecule has 1 unspecified atom stereocenters. The molecule has 0 radical (unpaired) electrons. The lowest BCUT2D eigenvalue weighted by Crippen LogP contribution is -2.28. The summed E-state index contributed by atoms with van der Waals surface area (Å²) in [4.78, 5) is 0.960. The molecule has 0 aromatic carbocycles. The van der Waals surface area contributed by atoms with E-state index in [0.29, 0.717) is 0 Å². The van der Waals surface area contributed by atoms with Crippen molar-refractivity contribution in [2.45, 2.75) is 0 Å². The van der Waals surface area contributed by atoms with Crippen molar-refractivity contribution in [1.29, 1.82) is 0 Å². The van der Waals surface area contributed by atoms with Crippen LogP contribution in [0.25, 0.3) is 0 Å². The van der Waals surface area contributed by atoms with E-state index in [2.05, 4.69) is 20.5 Å². The highest BCUT2D eigenvalue weighted by Crippen LogP contribution is 1.96. The minimum Gasteiger partial charge on any atom is -0.319 e. The quantitative estimate of drug-likeness (QED) is 0.366. The van der Waals surface area contributed by atoms with Crippen LogP contribution in [0.2, 0.25) is 0 Å². The van der Waals surface area contributed by atoms with Crippen LogP contribution in [0.3, 0.4) is 0 Å². The predicted molar refractivity (Wildman–Crippen MR) is 40.5 cm³/mol. The Balaban J connectivity index is 3.14. The molecule has 1 atom stereocenters. The van der Waals surface area contributed by atoms with Gasteiger partial charge in [-0.05, 0) is 14.1 Å². The lowest BCUT2D eigenvalue weighted by atomic mass is 11.3. The Bertz CT molecular complexity index is 52.2. The average Bonchev–Trinajstić information content (AvgIpc) is 1.65. The molecule has 0 aromatic rings. The molecule has 7 heavy (non-hydrogen) atoms. The number of nitrogens with zero attached hydrogens (tertiary/aromatic N) is 1. The van der Waals surface area contributed by atoms with E-state index >= 15 is 0 Å². The topological polar surface area (TPSA) is 3.24 Å². The second kappa shape index (κ2) is 3.89. The maximum absolute atomic E-state index is 5.82. The molecule has 0 aromatic heterocycles. The second-order valence-corrected chi connectivity index (χ2v) is 7.22. The largest absolute Gasteiger partial charge is 0.319 e. The third kappa shape index (κ3) is 3.52. The molecular weight excluding hydrogens is 193 g/mol. The monoisotopic (exact) mass is 201 g/mol. The summed E-state index contributed by atoms with van der Waals surface area (Å²) in [6.45, 7) is 0. The first-order valence-electron chi connectivity index (χ1n) is 2.05. The summed E-state index contributed by atoms with van der Waals surface area (Å²) in [5, 5.41) is 0. The fourth-order valence-electron chi connectivity index (χ4n) is 0.138. The molecule has 0 amide bonds. The molecule has 4 heteroatoms. The van der Waals surface area contributed by atoms with Gasteiger partial charge in [0.2, 0.25) is 8.27 Å². The molecule has 0 aliphatic heterocycles. The van der Waals surface area contributed by atoms with Gasteiger partial charge < -0.3 is 4.57 Å². The van der Waals surface area contributed by atoms with Crippen LogP contribution in [0, 0.1) is 0 Å². The molecule has 0 N–H and O–H groups in total. The molecule has 0 saturated carbocycles. The van der Waals surface area contributed by atoms with E-state index in [1.807, 2.05) is 14.1 Å². The van der Waals surface area contributed by atoms with Crippen LogP contribution in [0.1, 0.15) is 0 Å². The molecule has 0 bridgehead atoms. The van der Waals surface area contributed by atoms with Gasteiger partial charge in [-0.2, -0.15) is 0 Å². The summed E-state index contributed by atoms with van der Waals surface area (Å²) in [6, 6.07) is 0. The van der Waals surface area contributed by atoms with Crippen molar-refractivity contribution in [3.05, 3.63) is 0 Å². The predicted octanol–water partition coefficient (Wildman–Crippen LogP) is 0.941. The van der Waals surface area contributed by atoms with Crippen molar-refractivity contribution in [1.82, 2.24) is 4.57 Å². The standard InChI is InChI=1S/C3H9BrClNSi/c1-6(2)7(5)3-4/h7H,3H2,1-2H3.